The summed E-state index contributed by atoms with van der Waals surface area (Å²) in [6, 6.07) is 4.49. The van der Waals surface area contributed by atoms with Crippen LogP contribution in [-0.2, 0) is 11.2 Å². The second-order valence-corrected chi connectivity index (χ2v) is 6.10. The van der Waals surface area contributed by atoms with E-state index < -0.39 is 12.0 Å². The van der Waals surface area contributed by atoms with Crippen molar-refractivity contribution in [2.45, 2.75) is 25.8 Å². The van der Waals surface area contributed by atoms with Crippen LogP contribution in [0.4, 0.5) is 0 Å². The Balaban J connectivity index is 2.03. The largest absolute Gasteiger partial charge is 0.493 e. The Labute approximate surface area is 150 Å². The van der Waals surface area contributed by atoms with E-state index in [0.29, 0.717) is 30.2 Å². The molecule has 0 bridgehead atoms. The van der Waals surface area contributed by atoms with Gasteiger partial charge in [0.15, 0.2) is 11.5 Å². The van der Waals surface area contributed by atoms with Crippen molar-refractivity contribution in [2.75, 3.05) is 20.8 Å². The highest BCUT2D eigenvalue weighted by molar-refractivity contribution is 5.92. The number of benzene rings is 1. The van der Waals surface area contributed by atoms with Crippen molar-refractivity contribution in [1.82, 2.24) is 10.1 Å². The van der Waals surface area contributed by atoms with Gasteiger partial charge in [0.1, 0.15) is 0 Å². The Kier molecular flexibility index (Phi) is 4.83. The third-order valence-electron chi connectivity index (χ3n) is 4.47. The smallest absolute Gasteiger partial charge is 0.305 e. The Morgan fingerprint density at radius 2 is 1.96 bits per heavy atom. The van der Waals surface area contributed by atoms with Crippen LogP contribution >= 0.6 is 0 Å². The normalized spacial score (nSPS) is 16.1. The molecule has 8 nitrogen and oxygen atoms in total. The lowest BCUT2D eigenvalue weighted by atomic mass is 9.89. The van der Waals surface area contributed by atoms with Crippen LogP contribution in [0.3, 0.4) is 0 Å². The molecule has 0 saturated heterocycles. The van der Waals surface area contributed by atoms with E-state index >= 15 is 0 Å². The van der Waals surface area contributed by atoms with Crippen LogP contribution in [0.1, 0.15) is 39.8 Å². The molecule has 1 aliphatic heterocycles. The zero-order valence-electron chi connectivity index (χ0n) is 14.8. The number of carboxylic acids is 1. The van der Waals surface area contributed by atoms with Gasteiger partial charge in [-0.25, -0.2) is 0 Å². The van der Waals surface area contributed by atoms with E-state index in [2.05, 4.69) is 5.16 Å². The predicted molar refractivity (Wildman–Crippen MR) is 90.5 cm³/mol. The summed E-state index contributed by atoms with van der Waals surface area (Å²) in [5, 5.41) is 13.1. The van der Waals surface area contributed by atoms with Gasteiger partial charge in [-0.3, -0.25) is 9.59 Å². The van der Waals surface area contributed by atoms with Crippen molar-refractivity contribution in [3.05, 3.63) is 40.8 Å². The van der Waals surface area contributed by atoms with Crippen LogP contribution in [0.15, 0.2) is 22.7 Å². The van der Waals surface area contributed by atoms with Gasteiger partial charge in [0, 0.05) is 12.6 Å². The highest BCUT2D eigenvalue weighted by atomic mass is 16.5. The lowest BCUT2D eigenvalue weighted by Gasteiger charge is -2.36. The molecule has 3 rings (SSSR count). The molecule has 26 heavy (non-hydrogen) atoms. The van der Waals surface area contributed by atoms with E-state index in [1.54, 1.807) is 26.2 Å². The summed E-state index contributed by atoms with van der Waals surface area (Å²) < 4.78 is 15.7. The molecule has 0 unspecified atom stereocenters. The summed E-state index contributed by atoms with van der Waals surface area (Å²) in [4.78, 5) is 25.8. The number of nitrogens with zero attached hydrogens (tertiary/aromatic N) is 2. The van der Waals surface area contributed by atoms with E-state index in [0.717, 1.165) is 11.1 Å². The van der Waals surface area contributed by atoms with Crippen molar-refractivity contribution >= 4 is 11.9 Å². The number of methoxy groups -OCH3 is 2. The van der Waals surface area contributed by atoms with Gasteiger partial charge in [-0.15, -0.1) is 0 Å². The van der Waals surface area contributed by atoms with Crippen LogP contribution in [-0.4, -0.2) is 47.8 Å². The van der Waals surface area contributed by atoms with Crippen molar-refractivity contribution in [2.24, 2.45) is 0 Å². The summed E-state index contributed by atoms with van der Waals surface area (Å²) in [5.74, 6) is -0.208. The minimum Gasteiger partial charge on any atom is -0.493 e. The van der Waals surface area contributed by atoms with Crippen molar-refractivity contribution < 1.29 is 28.7 Å². The summed E-state index contributed by atoms with van der Waals surface area (Å²) in [5.41, 5.74) is 2.26. The molecule has 138 valence electrons. The third-order valence-corrected chi connectivity index (χ3v) is 4.47. The Morgan fingerprint density at radius 1 is 1.27 bits per heavy atom. The second-order valence-electron chi connectivity index (χ2n) is 6.10. The zero-order valence-corrected chi connectivity index (χ0v) is 14.8. The van der Waals surface area contributed by atoms with Gasteiger partial charge in [-0.05, 0) is 36.6 Å². The molecular formula is C18H20N2O6. The van der Waals surface area contributed by atoms with Crippen molar-refractivity contribution in [1.29, 1.82) is 0 Å². The zero-order chi connectivity index (χ0) is 18.8. The number of amides is 1. The van der Waals surface area contributed by atoms with Crippen LogP contribution in [0.5, 0.6) is 11.5 Å². The summed E-state index contributed by atoms with van der Waals surface area (Å²) in [7, 11) is 3.06. The SMILES string of the molecule is COc1cc2c(cc1OC)[C@H](CC(=O)O)N(C(=O)c1cc(C)no1)CC2. The van der Waals surface area contributed by atoms with Crippen LogP contribution in [0.2, 0.25) is 0 Å². The first-order chi connectivity index (χ1) is 12.4. The van der Waals surface area contributed by atoms with E-state index in [-0.39, 0.29) is 18.1 Å². The van der Waals surface area contributed by atoms with Gasteiger partial charge in [0.2, 0.25) is 5.76 Å². The second kappa shape index (κ2) is 7.07. The minimum atomic E-state index is -0.996. The van der Waals surface area contributed by atoms with Crippen LogP contribution in [0, 0.1) is 6.92 Å². The molecule has 1 N–H and O–H groups in total. The topological polar surface area (TPSA) is 102 Å². The number of ether oxygens (including phenoxy) is 2. The molecule has 0 spiro atoms. The van der Waals surface area contributed by atoms with Gasteiger partial charge < -0.3 is 24.0 Å². The van der Waals surface area contributed by atoms with Gasteiger partial charge in [-0.1, -0.05) is 5.16 Å². The molecule has 2 heterocycles. The Hall–Kier alpha value is -3.03. The van der Waals surface area contributed by atoms with Gasteiger partial charge in [0.05, 0.1) is 32.4 Å². The van der Waals surface area contributed by atoms with Gasteiger partial charge in [-0.2, -0.15) is 0 Å². The Bertz CT molecular complexity index is 844. The standard InChI is InChI=1S/C18H20N2O6/c1-10-6-16(26-19-10)18(23)20-5-4-11-7-14(24-2)15(25-3)8-12(11)13(20)9-17(21)22/h6-8,13H,4-5,9H2,1-3H3,(H,21,22)/t13-/m0/s1. The lowest BCUT2D eigenvalue weighted by molar-refractivity contribution is -0.138. The fraction of sp³-hybridized carbons (Fsp3) is 0.389. The third kappa shape index (κ3) is 3.22. The summed E-state index contributed by atoms with van der Waals surface area (Å²) >= 11 is 0. The number of aliphatic carboxylic acids is 1. The molecular weight excluding hydrogens is 340 g/mol. The Morgan fingerprint density at radius 3 is 2.54 bits per heavy atom. The molecule has 8 heteroatoms. The number of aromatic nitrogens is 1. The number of carbonyl (C=O) groups excluding carboxylic acids is 1. The van der Waals surface area contributed by atoms with E-state index in [9.17, 15) is 14.7 Å². The number of aryl methyl sites for hydroxylation is 1. The van der Waals surface area contributed by atoms with Crippen LogP contribution in [0.25, 0.3) is 0 Å². The van der Waals surface area contributed by atoms with Crippen molar-refractivity contribution in [3.8, 4) is 11.5 Å². The fourth-order valence-corrected chi connectivity index (χ4v) is 3.26. The number of rotatable bonds is 5. The molecule has 1 aromatic heterocycles. The minimum absolute atomic E-state index is 0.0989. The average Bonchev–Trinajstić information content (AvgIpc) is 3.06. The monoisotopic (exact) mass is 360 g/mol. The average molecular weight is 360 g/mol. The fourth-order valence-electron chi connectivity index (χ4n) is 3.26. The van der Waals surface area contributed by atoms with Gasteiger partial charge in [0.25, 0.3) is 5.91 Å². The molecule has 1 atom stereocenters. The van der Waals surface area contributed by atoms with E-state index in [4.69, 9.17) is 14.0 Å². The molecule has 0 saturated carbocycles. The maximum Gasteiger partial charge on any atom is 0.305 e. The molecule has 1 aromatic carbocycles. The lowest BCUT2D eigenvalue weighted by Crippen LogP contribution is -2.41. The van der Waals surface area contributed by atoms with E-state index in [1.807, 2.05) is 6.07 Å². The molecule has 0 aliphatic carbocycles. The molecule has 0 radical (unpaired) electrons. The number of hydrogen-bond donors (Lipinski definition) is 1. The molecule has 0 fully saturated rings. The van der Waals surface area contributed by atoms with Crippen molar-refractivity contribution in [3.63, 3.8) is 0 Å². The number of carboxylic acid groups (broad SMARTS) is 1. The first-order valence-electron chi connectivity index (χ1n) is 8.15. The van der Waals surface area contributed by atoms with Crippen LogP contribution < -0.4 is 9.47 Å². The number of fused-ring (bicyclic) bond motifs is 1. The highest BCUT2D eigenvalue weighted by Gasteiger charge is 2.35. The predicted octanol–water partition coefficient (Wildman–Crippen LogP) is 2.21. The first-order valence-corrected chi connectivity index (χ1v) is 8.15. The quantitative estimate of drug-likeness (QED) is 0.872. The maximum atomic E-state index is 12.8. The highest BCUT2D eigenvalue weighted by Crippen LogP contribution is 2.40. The number of carbonyl (C=O) groups is 2. The molecule has 1 aliphatic rings. The molecule has 2 aromatic rings. The maximum absolute atomic E-state index is 12.8. The number of hydrogen-bond acceptors (Lipinski definition) is 6. The van der Waals surface area contributed by atoms with Gasteiger partial charge >= 0.3 is 5.97 Å². The summed E-state index contributed by atoms with van der Waals surface area (Å²) in [6.45, 7) is 2.09. The van der Waals surface area contributed by atoms with E-state index in [1.165, 1.54) is 12.0 Å². The first kappa shape index (κ1) is 17.8. The summed E-state index contributed by atoms with van der Waals surface area (Å²) in [6.07, 6.45) is 0.353. The molecule has 1 amide bonds.